The average molecular weight is 369 g/mol. The predicted molar refractivity (Wildman–Crippen MR) is 89.8 cm³/mol. The number of methoxy groups -OCH3 is 2. The Morgan fingerprint density at radius 3 is 2.43 bits per heavy atom. The first-order valence-corrected chi connectivity index (χ1v) is 7.70. The van der Waals surface area contributed by atoms with Crippen LogP contribution in [0.5, 0.6) is 11.5 Å². The minimum atomic E-state index is 0.308. The van der Waals surface area contributed by atoms with E-state index < -0.39 is 0 Å². The average Bonchev–Trinajstić information content (AvgIpc) is 2.48. The number of nitrogens with zero attached hydrogens (tertiary/aromatic N) is 1. The van der Waals surface area contributed by atoms with Gasteiger partial charge in [-0.05, 0) is 40.0 Å². The predicted octanol–water partition coefficient (Wildman–Crippen LogP) is 4.71. The molecule has 0 radical (unpaired) electrons. The van der Waals surface area contributed by atoms with Crippen LogP contribution in [-0.2, 0) is 0 Å². The minimum absolute atomic E-state index is 0.308. The molecule has 112 valence electrons. The molecule has 0 fully saturated rings. The molecule has 0 amide bonds. The molecule has 0 unspecified atom stereocenters. The molecular formula is C15H17BrN2O2S. The van der Waals surface area contributed by atoms with Gasteiger partial charge in [-0.25, -0.2) is 4.98 Å². The summed E-state index contributed by atoms with van der Waals surface area (Å²) in [6, 6.07) is 5.65. The first kappa shape index (κ1) is 16.0. The molecule has 0 aliphatic heterocycles. The molecule has 0 aliphatic carbocycles. The zero-order chi connectivity index (χ0) is 15.6. The van der Waals surface area contributed by atoms with E-state index in [4.69, 9.17) is 21.7 Å². The molecule has 1 aromatic carbocycles. The lowest BCUT2D eigenvalue weighted by Gasteiger charge is -2.13. The summed E-state index contributed by atoms with van der Waals surface area (Å²) in [5.74, 6) is 2.36. The molecule has 1 N–H and O–H groups in total. The van der Waals surface area contributed by atoms with Crippen LogP contribution in [0.1, 0.15) is 25.5 Å². The van der Waals surface area contributed by atoms with Gasteiger partial charge >= 0.3 is 0 Å². The van der Waals surface area contributed by atoms with Crippen molar-refractivity contribution in [1.82, 2.24) is 9.97 Å². The standard InChI is InChI=1S/C15H17BrN2O2S/c1-8(2)13-12(16)15(21)18-14(17-13)9-5-6-10(19-3)11(7-9)20-4/h5-8H,1-4H3,(H,17,18,21). The molecule has 0 bridgehead atoms. The van der Waals surface area contributed by atoms with Crippen molar-refractivity contribution in [2.45, 2.75) is 19.8 Å². The second-order valence-corrected chi connectivity index (χ2v) is 6.02. The van der Waals surface area contributed by atoms with Crippen molar-refractivity contribution in [3.05, 3.63) is 33.0 Å². The second kappa shape index (κ2) is 6.58. The van der Waals surface area contributed by atoms with E-state index in [0.717, 1.165) is 15.7 Å². The number of aromatic amines is 1. The van der Waals surface area contributed by atoms with Gasteiger partial charge in [0.05, 0.1) is 18.7 Å². The fourth-order valence-electron chi connectivity index (χ4n) is 1.99. The topological polar surface area (TPSA) is 47.1 Å². The van der Waals surface area contributed by atoms with E-state index in [9.17, 15) is 0 Å². The normalized spacial score (nSPS) is 10.8. The Labute approximate surface area is 137 Å². The molecule has 0 saturated heterocycles. The van der Waals surface area contributed by atoms with Gasteiger partial charge in [-0.2, -0.15) is 0 Å². The number of nitrogens with one attached hydrogen (secondary N) is 1. The Kier molecular flexibility index (Phi) is 5.00. The second-order valence-electron chi connectivity index (χ2n) is 4.84. The summed E-state index contributed by atoms with van der Waals surface area (Å²) in [4.78, 5) is 7.77. The highest BCUT2D eigenvalue weighted by Gasteiger charge is 2.13. The first-order valence-electron chi connectivity index (χ1n) is 6.50. The molecule has 21 heavy (non-hydrogen) atoms. The van der Waals surface area contributed by atoms with E-state index in [2.05, 4.69) is 39.7 Å². The third-order valence-electron chi connectivity index (χ3n) is 3.12. The number of ether oxygens (including phenoxy) is 2. The zero-order valence-electron chi connectivity index (χ0n) is 12.4. The number of halogens is 1. The first-order chi connectivity index (χ1) is 9.97. The Balaban J connectivity index is 2.59. The van der Waals surface area contributed by atoms with Crippen molar-refractivity contribution in [2.24, 2.45) is 0 Å². The van der Waals surface area contributed by atoms with E-state index in [1.165, 1.54) is 0 Å². The molecule has 0 spiro atoms. The zero-order valence-corrected chi connectivity index (χ0v) is 14.8. The minimum Gasteiger partial charge on any atom is -0.493 e. The number of benzene rings is 1. The Hall–Kier alpha value is -1.40. The van der Waals surface area contributed by atoms with Gasteiger partial charge in [-0.1, -0.05) is 26.1 Å². The highest BCUT2D eigenvalue weighted by atomic mass is 79.9. The van der Waals surface area contributed by atoms with E-state index in [1.807, 2.05) is 18.2 Å². The van der Waals surface area contributed by atoms with E-state index in [1.54, 1.807) is 14.2 Å². The van der Waals surface area contributed by atoms with Gasteiger partial charge in [0.1, 0.15) is 10.5 Å². The quantitative estimate of drug-likeness (QED) is 0.793. The fourth-order valence-corrected chi connectivity index (χ4v) is 2.84. The van der Waals surface area contributed by atoms with Crippen LogP contribution in [0, 0.1) is 4.64 Å². The Morgan fingerprint density at radius 1 is 1.19 bits per heavy atom. The summed E-state index contributed by atoms with van der Waals surface area (Å²) in [6.07, 6.45) is 0. The van der Waals surface area contributed by atoms with Crippen LogP contribution in [0.4, 0.5) is 0 Å². The molecule has 0 atom stereocenters. The van der Waals surface area contributed by atoms with E-state index in [-0.39, 0.29) is 0 Å². The maximum Gasteiger partial charge on any atom is 0.161 e. The van der Waals surface area contributed by atoms with Crippen molar-refractivity contribution in [3.63, 3.8) is 0 Å². The van der Waals surface area contributed by atoms with Crippen LogP contribution in [0.15, 0.2) is 22.7 Å². The highest BCUT2D eigenvalue weighted by molar-refractivity contribution is 9.10. The summed E-state index contributed by atoms with van der Waals surface area (Å²) in [5, 5.41) is 0. The van der Waals surface area contributed by atoms with Crippen LogP contribution >= 0.6 is 28.1 Å². The van der Waals surface area contributed by atoms with Gasteiger partial charge in [-0.3, -0.25) is 0 Å². The fraction of sp³-hybridized carbons (Fsp3) is 0.333. The summed E-state index contributed by atoms with van der Waals surface area (Å²) in [7, 11) is 3.22. The van der Waals surface area contributed by atoms with Crippen molar-refractivity contribution in [2.75, 3.05) is 14.2 Å². The van der Waals surface area contributed by atoms with Gasteiger partial charge in [-0.15, -0.1) is 0 Å². The Bertz CT molecular complexity index is 713. The molecule has 0 saturated carbocycles. The van der Waals surface area contributed by atoms with Crippen LogP contribution in [0.25, 0.3) is 11.4 Å². The van der Waals surface area contributed by atoms with Gasteiger partial charge in [0.2, 0.25) is 0 Å². The molecule has 6 heteroatoms. The molecule has 2 rings (SSSR count). The lowest BCUT2D eigenvalue weighted by molar-refractivity contribution is 0.355. The van der Waals surface area contributed by atoms with Crippen molar-refractivity contribution in [1.29, 1.82) is 0 Å². The molecular weight excluding hydrogens is 352 g/mol. The number of rotatable bonds is 4. The molecule has 0 aliphatic rings. The van der Waals surface area contributed by atoms with Gasteiger partial charge in [0.25, 0.3) is 0 Å². The molecule has 1 aromatic heterocycles. The van der Waals surface area contributed by atoms with Crippen molar-refractivity contribution < 1.29 is 9.47 Å². The summed E-state index contributed by atoms with van der Waals surface area (Å²) < 4.78 is 12.0. The lowest BCUT2D eigenvalue weighted by Crippen LogP contribution is -2.00. The van der Waals surface area contributed by atoms with Crippen LogP contribution in [0.2, 0.25) is 0 Å². The largest absolute Gasteiger partial charge is 0.493 e. The molecule has 1 heterocycles. The van der Waals surface area contributed by atoms with Gasteiger partial charge < -0.3 is 14.5 Å². The van der Waals surface area contributed by atoms with Gasteiger partial charge in [0.15, 0.2) is 11.5 Å². The van der Waals surface area contributed by atoms with Crippen LogP contribution in [0.3, 0.4) is 0 Å². The van der Waals surface area contributed by atoms with E-state index >= 15 is 0 Å². The Morgan fingerprint density at radius 2 is 1.86 bits per heavy atom. The third-order valence-corrected chi connectivity index (χ3v) is 4.49. The number of hydrogen-bond acceptors (Lipinski definition) is 4. The van der Waals surface area contributed by atoms with Crippen molar-refractivity contribution >= 4 is 28.1 Å². The number of hydrogen-bond donors (Lipinski definition) is 1. The monoisotopic (exact) mass is 368 g/mol. The maximum absolute atomic E-state index is 5.33. The smallest absolute Gasteiger partial charge is 0.161 e. The molecule has 4 nitrogen and oxygen atoms in total. The number of H-pyrrole nitrogens is 1. The summed E-state index contributed by atoms with van der Waals surface area (Å²) in [5.41, 5.74) is 1.92. The van der Waals surface area contributed by atoms with E-state index in [0.29, 0.717) is 27.9 Å². The summed E-state index contributed by atoms with van der Waals surface area (Å²) in [6.45, 7) is 4.20. The van der Waals surface area contributed by atoms with Crippen LogP contribution < -0.4 is 9.47 Å². The van der Waals surface area contributed by atoms with Gasteiger partial charge in [0, 0.05) is 11.3 Å². The van der Waals surface area contributed by atoms with Crippen molar-refractivity contribution in [3.8, 4) is 22.9 Å². The van der Waals surface area contributed by atoms with Crippen LogP contribution in [-0.4, -0.2) is 24.2 Å². The molecule has 2 aromatic rings. The lowest BCUT2D eigenvalue weighted by atomic mass is 10.1. The third kappa shape index (κ3) is 3.27. The summed E-state index contributed by atoms with van der Waals surface area (Å²) >= 11 is 8.82. The SMILES string of the molecule is COc1ccc(-c2nc(=S)c(Br)c(C(C)C)[nH]2)cc1OC. The maximum atomic E-state index is 5.33. The number of aromatic nitrogens is 2. The highest BCUT2D eigenvalue weighted by Crippen LogP contribution is 2.32.